The molecule has 0 radical (unpaired) electrons. The average Bonchev–Trinajstić information content (AvgIpc) is 2.83. The molecule has 90 valence electrons. The summed E-state index contributed by atoms with van der Waals surface area (Å²) in [5, 5.41) is 9.16. The lowest BCUT2D eigenvalue weighted by atomic mass is 9.92. The molecule has 1 saturated heterocycles. The number of benzene rings is 1. The summed E-state index contributed by atoms with van der Waals surface area (Å²) in [6.07, 6.45) is 1.82. The van der Waals surface area contributed by atoms with E-state index in [9.17, 15) is 14.7 Å². The van der Waals surface area contributed by atoms with Gasteiger partial charge in [0.05, 0.1) is 0 Å². The van der Waals surface area contributed by atoms with Crippen LogP contribution in [0, 0.1) is 5.92 Å². The lowest BCUT2D eigenvalue weighted by Gasteiger charge is -2.17. The smallest absolute Gasteiger partial charge is 0.315 e. The number of carbonyl (C=O) groups excluding carboxylic acids is 1. The molecule has 0 saturated carbocycles. The Morgan fingerprint density at radius 2 is 2.00 bits per heavy atom. The van der Waals surface area contributed by atoms with Gasteiger partial charge in [-0.1, -0.05) is 30.3 Å². The molecule has 3 nitrogen and oxygen atoms in total. The molecule has 0 aliphatic carbocycles. The number of ketones is 1. The lowest BCUT2D eigenvalue weighted by Crippen LogP contribution is -2.32. The summed E-state index contributed by atoms with van der Waals surface area (Å²) in [4.78, 5) is 23.4. The van der Waals surface area contributed by atoms with Crippen LogP contribution in [-0.4, -0.2) is 27.9 Å². The first-order chi connectivity index (χ1) is 8.20. The predicted octanol–water partition coefficient (Wildman–Crippen LogP) is 2.47. The van der Waals surface area contributed by atoms with Gasteiger partial charge in [-0.3, -0.25) is 9.59 Å². The van der Waals surface area contributed by atoms with E-state index in [1.165, 1.54) is 0 Å². The maximum absolute atomic E-state index is 12.2. The number of Topliss-reactive ketones (excluding diaryl/α,β-unsaturated/α-hetero) is 1. The van der Waals surface area contributed by atoms with E-state index in [0.29, 0.717) is 5.56 Å². The van der Waals surface area contributed by atoms with Crippen LogP contribution in [0.2, 0.25) is 0 Å². The summed E-state index contributed by atoms with van der Waals surface area (Å²) >= 11 is 1.60. The van der Waals surface area contributed by atoms with E-state index in [2.05, 4.69) is 0 Å². The Morgan fingerprint density at radius 1 is 1.29 bits per heavy atom. The molecular weight excluding hydrogens is 236 g/mol. The lowest BCUT2D eigenvalue weighted by molar-refractivity contribution is -0.139. The normalized spacial score (nSPS) is 21.1. The van der Waals surface area contributed by atoms with Crippen LogP contribution in [0.1, 0.15) is 23.2 Å². The van der Waals surface area contributed by atoms with E-state index < -0.39 is 11.9 Å². The van der Waals surface area contributed by atoms with Gasteiger partial charge in [0.1, 0.15) is 5.92 Å². The van der Waals surface area contributed by atoms with Gasteiger partial charge in [-0.2, -0.15) is 11.8 Å². The number of rotatable bonds is 4. The topological polar surface area (TPSA) is 54.4 Å². The highest BCUT2D eigenvalue weighted by Gasteiger charge is 2.37. The first kappa shape index (κ1) is 12.2. The highest BCUT2D eigenvalue weighted by Crippen LogP contribution is 2.33. The Kier molecular flexibility index (Phi) is 3.84. The Balaban J connectivity index is 2.22. The molecule has 1 aromatic rings. The van der Waals surface area contributed by atoms with Gasteiger partial charge in [0, 0.05) is 10.8 Å². The van der Waals surface area contributed by atoms with Crippen LogP contribution in [0.5, 0.6) is 0 Å². The van der Waals surface area contributed by atoms with Crippen LogP contribution in [0.3, 0.4) is 0 Å². The third-order valence-corrected chi connectivity index (χ3v) is 4.40. The van der Waals surface area contributed by atoms with Crippen LogP contribution in [-0.2, 0) is 4.79 Å². The second-order valence-corrected chi connectivity index (χ2v) is 5.44. The minimum atomic E-state index is -1.00. The molecule has 1 fully saturated rings. The molecular formula is C13H14O3S. The summed E-state index contributed by atoms with van der Waals surface area (Å²) in [7, 11) is 0. The van der Waals surface area contributed by atoms with Crippen molar-refractivity contribution < 1.29 is 14.7 Å². The van der Waals surface area contributed by atoms with E-state index in [1.54, 1.807) is 36.0 Å². The van der Waals surface area contributed by atoms with Crippen molar-refractivity contribution in [3.05, 3.63) is 35.9 Å². The zero-order valence-electron chi connectivity index (χ0n) is 9.33. The van der Waals surface area contributed by atoms with Crippen molar-refractivity contribution in [3.63, 3.8) is 0 Å². The van der Waals surface area contributed by atoms with Crippen molar-refractivity contribution in [2.75, 3.05) is 5.75 Å². The van der Waals surface area contributed by atoms with Crippen LogP contribution in [0.25, 0.3) is 0 Å². The summed E-state index contributed by atoms with van der Waals surface area (Å²) in [5.74, 6) is -1.21. The minimum absolute atomic E-state index is 0.0693. The van der Waals surface area contributed by atoms with Crippen LogP contribution in [0.15, 0.2) is 30.3 Å². The van der Waals surface area contributed by atoms with Gasteiger partial charge in [0.2, 0.25) is 0 Å². The summed E-state index contributed by atoms with van der Waals surface area (Å²) in [5.41, 5.74) is 0.493. The van der Waals surface area contributed by atoms with E-state index in [0.717, 1.165) is 18.6 Å². The monoisotopic (exact) mass is 250 g/mol. The highest BCUT2D eigenvalue weighted by atomic mass is 32.2. The molecule has 17 heavy (non-hydrogen) atoms. The minimum Gasteiger partial charge on any atom is -0.481 e. The van der Waals surface area contributed by atoms with E-state index in [1.807, 2.05) is 6.07 Å². The maximum atomic E-state index is 12.2. The molecule has 1 aromatic carbocycles. The second kappa shape index (κ2) is 5.36. The van der Waals surface area contributed by atoms with Crippen molar-refractivity contribution in [2.24, 2.45) is 5.92 Å². The van der Waals surface area contributed by atoms with Gasteiger partial charge in [-0.05, 0) is 18.6 Å². The molecule has 0 aromatic heterocycles. The van der Waals surface area contributed by atoms with Gasteiger partial charge in [-0.15, -0.1) is 0 Å². The fraction of sp³-hybridized carbons (Fsp3) is 0.385. The summed E-state index contributed by atoms with van der Waals surface area (Å²) < 4.78 is 0. The average molecular weight is 250 g/mol. The first-order valence-electron chi connectivity index (χ1n) is 5.64. The maximum Gasteiger partial charge on any atom is 0.315 e. The molecule has 2 rings (SSSR count). The number of hydrogen-bond acceptors (Lipinski definition) is 3. The Hall–Kier alpha value is -1.29. The van der Waals surface area contributed by atoms with Gasteiger partial charge >= 0.3 is 5.97 Å². The van der Waals surface area contributed by atoms with Gasteiger partial charge in [-0.25, -0.2) is 0 Å². The predicted molar refractivity (Wildman–Crippen MR) is 67.4 cm³/mol. The molecule has 1 aliphatic heterocycles. The Labute approximate surface area is 104 Å². The number of carbonyl (C=O) groups is 2. The van der Waals surface area contributed by atoms with Gasteiger partial charge in [0.25, 0.3) is 0 Å². The third kappa shape index (κ3) is 2.69. The number of carboxylic acid groups (broad SMARTS) is 1. The third-order valence-electron chi connectivity index (χ3n) is 2.94. The van der Waals surface area contributed by atoms with Crippen LogP contribution < -0.4 is 0 Å². The van der Waals surface area contributed by atoms with E-state index in [-0.39, 0.29) is 11.0 Å². The molecule has 0 spiro atoms. The molecule has 4 heteroatoms. The van der Waals surface area contributed by atoms with Gasteiger partial charge in [0.15, 0.2) is 5.78 Å². The van der Waals surface area contributed by atoms with Crippen molar-refractivity contribution in [2.45, 2.75) is 18.1 Å². The molecule has 2 atom stereocenters. The molecule has 1 N–H and O–H groups in total. The summed E-state index contributed by atoms with van der Waals surface area (Å²) in [6, 6.07) is 8.69. The summed E-state index contributed by atoms with van der Waals surface area (Å²) in [6.45, 7) is 0. The molecule has 2 unspecified atom stereocenters. The Bertz CT molecular complexity index is 410. The van der Waals surface area contributed by atoms with Gasteiger partial charge < -0.3 is 5.11 Å². The second-order valence-electron chi connectivity index (χ2n) is 4.10. The van der Waals surface area contributed by atoms with Crippen molar-refractivity contribution in [1.82, 2.24) is 0 Å². The standard InChI is InChI=1S/C13H14O3S/c14-12(9-5-2-1-3-6-9)11(13(15)16)10-7-4-8-17-10/h1-3,5-6,10-11H,4,7-8H2,(H,15,16). The Morgan fingerprint density at radius 3 is 2.53 bits per heavy atom. The first-order valence-corrected chi connectivity index (χ1v) is 6.68. The van der Waals surface area contributed by atoms with Crippen molar-refractivity contribution >= 4 is 23.5 Å². The SMILES string of the molecule is O=C(O)C(C(=O)c1ccccc1)C1CCCS1. The van der Waals surface area contributed by atoms with E-state index in [4.69, 9.17) is 0 Å². The fourth-order valence-corrected chi connectivity index (χ4v) is 3.49. The molecule has 0 bridgehead atoms. The largest absolute Gasteiger partial charge is 0.481 e. The number of carboxylic acids is 1. The molecule has 0 amide bonds. The fourth-order valence-electron chi connectivity index (χ4n) is 2.09. The van der Waals surface area contributed by atoms with Crippen LogP contribution in [0.4, 0.5) is 0 Å². The van der Waals surface area contributed by atoms with Crippen LogP contribution >= 0.6 is 11.8 Å². The van der Waals surface area contributed by atoms with Crippen molar-refractivity contribution in [1.29, 1.82) is 0 Å². The quantitative estimate of drug-likeness (QED) is 0.659. The number of aliphatic carboxylic acids is 1. The van der Waals surface area contributed by atoms with E-state index >= 15 is 0 Å². The highest BCUT2D eigenvalue weighted by molar-refractivity contribution is 8.00. The molecule has 1 heterocycles. The number of hydrogen-bond donors (Lipinski definition) is 1. The zero-order valence-corrected chi connectivity index (χ0v) is 10.2. The van der Waals surface area contributed by atoms with Crippen molar-refractivity contribution in [3.8, 4) is 0 Å². The number of thioether (sulfide) groups is 1. The molecule has 1 aliphatic rings. The zero-order chi connectivity index (χ0) is 12.3.